The predicted molar refractivity (Wildman–Crippen MR) is 70.1 cm³/mol. The molecular weight excluding hydrogens is 252 g/mol. The number of nitrogens with zero attached hydrogens (tertiary/aromatic N) is 1. The maximum Gasteiger partial charge on any atom is 0.327 e. The molecule has 0 aromatic heterocycles. The van der Waals surface area contributed by atoms with Crippen molar-refractivity contribution in [3.63, 3.8) is 0 Å². The monoisotopic (exact) mass is 272 g/mol. The molecule has 0 aromatic carbocycles. The molecular formula is C12H20N2O3S. The Morgan fingerprint density at radius 1 is 1.50 bits per heavy atom. The highest BCUT2D eigenvalue weighted by Crippen LogP contribution is 2.45. The third-order valence-electron chi connectivity index (χ3n) is 3.56. The van der Waals surface area contributed by atoms with E-state index in [-0.39, 0.29) is 17.2 Å². The van der Waals surface area contributed by atoms with E-state index in [2.05, 4.69) is 0 Å². The predicted octanol–water partition coefficient (Wildman–Crippen LogP) is 0.736. The van der Waals surface area contributed by atoms with Crippen LogP contribution in [0.25, 0.3) is 0 Å². The number of amides is 1. The first-order chi connectivity index (χ1) is 8.54. The van der Waals surface area contributed by atoms with E-state index in [4.69, 9.17) is 5.73 Å². The van der Waals surface area contributed by atoms with Gasteiger partial charge in [0.2, 0.25) is 5.91 Å². The van der Waals surface area contributed by atoms with Gasteiger partial charge in [0.25, 0.3) is 0 Å². The fraction of sp³-hybridized carbons (Fsp3) is 0.833. The van der Waals surface area contributed by atoms with E-state index in [1.165, 1.54) is 0 Å². The van der Waals surface area contributed by atoms with Gasteiger partial charge in [-0.05, 0) is 31.2 Å². The van der Waals surface area contributed by atoms with Crippen molar-refractivity contribution in [2.45, 2.75) is 37.6 Å². The van der Waals surface area contributed by atoms with Gasteiger partial charge in [-0.1, -0.05) is 6.92 Å². The Bertz CT molecular complexity index is 346. The van der Waals surface area contributed by atoms with Crippen molar-refractivity contribution in [1.82, 2.24) is 4.90 Å². The van der Waals surface area contributed by atoms with Crippen LogP contribution in [0.1, 0.15) is 26.2 Å². The third kappa shape index (κ3) is 2.80. The topological polar surface area (TPSA) is 83.6 Å². The summed E-state index contributed by atoms with van der Waals surface area (Å²) in [4.78, 5) is 25.1. The van der Waals surface area contributed by atoms with Gasteiger partial charge in [-0.15, -0.1) is 11.8 Å². The highest BCUT2D eigenvalue weighted by molar-refractivity contribution is 8.00. The number of carboxylic acids is 1. The summed E-state index contributed by atoms with van der Waals surface area (Å²) in [5.74, 6) is 0.176. The maximum atomic E-state index is 12.3. The second-order valence-corrected chi connectivity index (χ2v) is 6.41. The number of thioether (sulfide) groups is 1. The SMILES string of the molecule is CC(CN)CC(=O)N1C(C(=O)O)CSC1C1CC1. The molecule has 2 fully saturated rings. The second-order valence-electron chi connectivity index (χ2n) is 5.26. The van der Waals surface area contributed by atoms with Crippen LogP contribution >= 0.6 is 11.8 Å². The number of rotatable bonds is 5. The molecule has 3 atom stereocenters. The molecule has 3 unspecified atom stereocenters. The van der Waals surface area contributed by atoms with Crippen molar-refractivity contribution >= 4 is 23.6 Å². The van der Waals surface area contributed by atoms with Crippen molar-refractivity contribution in [1.29, 1.82) is 0 Å². The lowest BCUT2D eigenvalue weighted by atomic mass is 10.1. The molecule has 102 valence electrons. The van der Waals surface area contributed by atoms with Crippen LogP contribution in [0.2, 0.25) is 0 Å². The Morgan fingerprint density at radius 3 is 2.67 bits per heavy atom. The zero-order valence-corrected chi connectivity index (χ0v) is 11.4. The standard InChI is InChI=1S/C12H20N2O3S/c1-7(5-13)4-10(15)14-9(12(16)17)6-18-11(14)8-2-3-8/h7-9,11H,2-6,13H2,1H3,(H,16,17). The van der Waals surface area contributed by atoms with E-state index in [9.17, 15) is 14.7 Å². The van der Waals surface area contributed by atoms with E-state index in [0.29, 0.717) is 24.6 Å². The number of nitrogens with two attached hydrogens (primary N) is 1. The first-order valence-corrected chi connectivity index (χ1v) is 7.45. The van der Waals surface area contributed by atoms with Gasteiger partial charge in [-0.25, -0.2) is 4.79 Å². The van der Waals surface area contributed by atoms with Crippen LogP contribution < -0.4 is 5.73 Å². The van der Waals surface area contributed by atoms with Gasteiger partial charge >= 0.3 is 5.97 Å². The van der Waals surface area contributed by atoms with Crippen LogP contribution in [-0.4, -0.2) is 45.6 Å². The molecule has 6 heteroatoms. The summed E-state index contributed by atoms with van der Waals surface area (Å²) in [6.07, 6.45) is 2.57. The fourth-order valence-corrected chi connectivity index (χ4v) is 3.92. The minimum Gasteiger partial charge on any atom is -0.480 e. The molecule has 1 saturated heterocycles. The highest BCUT2D eigenvalue weighted by Gasteiger charge is 2.47. The normalized spacial score (nSPS) is 29.3. The average molecular weight is 272 g/mol. The largest absolute Gasteiger partial charge is 0.480 e. The number of carbonyl (C=O) groups excluding carboxylic acids is 1. The van der Waals surface area contributed by atoms with E-state index in [1.807, 2.05) is 6.92 Å². The van der Waals surface area contributed by atoms with Crippen LogP contribution in [0.4, 0.5) is 0 Å². The van der Waals surface area contributed by atoms with E-state index < -0.39 is 12.0 Å². The molecule has 0 radical (unpaired) electrons. The molecule has 1 aliphatic heterocycles. The Labute approximate surface area is 111 Å². The van der Waals surface area contributed by atoms with Crippen molar-refractivity contribution in [3.8, 4) is 0 Å². The van der Waals surface area contributed by atoms with Crippen molar-refractivity contribution < 1.29 is 14.7 Å². The molecule has 1 saturated carbocycles. The lowest BCUT2D eigenvalue weighted by Crippen LogP contribution is -2.46. The van der Waals surface area contributed by atoms with E-state index >= 15 is 0 Å². The van der Waals surface area contributed by atoms with Crippen LogP contribution in [0.5, 0.6) is 0 Å². The van der Waals surface area contributed by atoms with Gasteiger partial charge in [0.1, 0.15) is 6.04 Å². The Balaban J connectivity index is 2.07. The smallest absolute Gasteiger partial charge is 0.327 e. The average Bonchev–Trinajstić information content (AvgIpc) is 3.06. The molecule has 5 nitrogen and oxygen atoms in total. The van der Waals surface area contributed by atoms with Crippen molar-refractivity contribution in [2.75, 3.05) is 12.3 Å². The van der Waals surface area contributed by atoms with E-state index in [0.717, 1.165) is 12.8 Å². The Hall–Kier alpha value is -0.750. The first kappa shape index (κ1) is 13.7. The van der Waals surface area contributed by atoms with E-state index in [1.54, 1.807) is 16.7 Å². The zero-order valence-electron chi connectivity index (χ0n) is 10.5. The molecule has 2 aliphatic rings. The maximum absolute atomic E-state index is 12.3. The summed E-state index contributed by atoms with van der Waals surface area (Å²) in [5, 5.41) is 9.28. The molecule has 1 amide bonds. The van der Waals surface area contributed by atoms with Gasteiger partial charge < -0.3 is 15.7 Å². The Kier molecular flexibility index (Phi) is 4.17. The molecule has 18 heavy (non-hydrogen) atoms. The summed E-state index contributed by atoms with van der Waals surface area (Å²) in [7, 11) is 0. The summed E-state index contributed by atoms with van der Waals surface area (Å²) in [6, 6.07) is -0.655. The van der Waals surface area contributed by atoms with Gasteiger partial charge in [-0.2, -0.15) is 0 Å². The van der Waals surface area contributed by atoms with Gasteiger partial charge in [0.15, 0.2) is 0 Å². The quantitative estimate of drug-likeness (QED) is 0.771. The number of carbonyl (C=O) groups is 2. The summed E-state index contributed by atoms with van der Waals surface area (Å²) >= 11 is 1.61. The molecule has 1 heterocycles. The number of hydrogen-bond donors (Lipinski definition) is 2. The highest BCUT2D eigenvalue weighted by atomic mass is 32.2. The number of carboxylic acid groups (broad SMARTS) is 1. The van der Waals surface area contributed by atoms with Gasteiger partial charge in [0.05, 0.1) is 5.37 Å². The van der Waals surface area contributed by atoms with Gasteiger partial charge in [-0.3, -0.25) is 4.79 Å². The number of hydrogen-bond acceptors (Lipinski definition) is 4. The summed E-state index contributed by atoms with van der Waals surface area (Å²) in [5.41, 5.74) is 5.53. The third-order valence-corrected chi connectivity index (χ3v) is 5.02. The Morgan fingerprint density at radius 2 is 2.17 bits per heavy atom. The molecule has 0 spiro atoms. The number of aliphatic carboxylic acids is 1. The van der Waals surface area contributed by atoms with Crippen molar-refractivity contribution in [3.05, 3.63) is 0 Å². The molecule has 0 aromatic rings. The zero-order chi connectivity index (χ0) is 13.3. The minimum atomic E-state index is -0.889. The van der Waals surface area contributed by atoms with Crippen LogP contribution in [0, 0.1) is 11.8 Å². The lowest BCUT2D eigenvalue weighted by Gasteiger charge is -2.28. The summed E-state index contributed by atoms with van der Waals surface area (Å²) < 4.78 is 0. The second kappa shape index (κ2) is 5.48. The molecule has 3 N–H and O–H groups in total. The van der Waals surface area contributed by atoms with Crippen molar-refractivity contribution in [2.24, 2.45) is 17.6 Å². The fourth-order valence-electron chi connectivity index (χ4n) is 2.27. The molecule has 0 bridgehead atoms. The van der Waals surface area contributed by atoms with Crippen LogP contribution in [0.3, 0.4) is 0 Å². The summed E-state index contributed by atoms with van der Waals surface area (Å²) in [6.45, 7) is 2.38. The van der Waals surface area contributed by atoms with Crippen LogP contribution in [-0.2, 0) is 9.59 Å². The first-order valence-electron chi connectivity index (χ1n) is 6.40. The molecule has 1 aliphatic carbocycles. The van der Waals surface area contributed by atoms with Crippen LogP contribution in [0.15, 0.2) is 0 Å². The minimum absolute atomic E-state index is 0.0535. The van der Waals surface area contributed by atoms with Gasteiger partial charge in [0, 0.05) is 12.2 Å². The molecule has 2 rings (SSSR count). The lowest BCUT2D eigenvalue weighted by molar-refractivity contribution is -0.149.